The van der Waals surface area contributed by atoms with Gasteiger partial charge in [-0.3, -0.25) is 9.78 Å². The van der Waals surface area contributed by atoms with Crippen molar-refractivity contribution >= 4 is 16.9 Å². The predicted octanol–water partition coefficient (Wildman–Crippen LogP) is 3.40. The minimum atomic E-state index is 0.0381. The number of hydrogen-bond donors (Lipinski definition) is 1. The van der Waals surface area contributed by atoms with Gasteiger partial charge in [-0.05, 0) is 43.2 Å². The third-order valence-corrected chi connectivity index (χ3v) is 5.54. The van der Waals surface area contributed by atoms with E-state index in [1.807, 2.05) is 45.9 Å². The molecular weight excluding hydrogens is 352 g/mol. The van der Waals surface area contributed by atoms with E-state index in [2.05, 4.69) is 9.97 Å². The third-order valence-electron chi connectivity index (χ3n) is 5.54. The molecule has 0 bridgehead atoms. The maximum atomic E-state index is 13.4. The highest BCUT2D eigenvalue weighted by molar-refractivity contribution is 5.97. The molecule has 0 unspecified atom stereocenters. The van der Waals surface area contributed by atoms with E-state index >= 15 is 0 Å². The van der Waals surface area contributed by atoms with Gasteiger partial charge in [0.05, 0.1) is 36.2 Å². The molecule has 0 spiro atoms. The van der Waals surface area contributed by atoms with Crippen LogP contribution in [-0.2, 0) is 13.1 Å². The fourth-order valence-corrected chi connectivity index (χ4v) is 4.07. The summed E-state index contributed by atoms with van der Waals surface area (Å²) in [6.45, 7) is 1.09. The lowest BCUT2D eigenvalue weighted by molar-refractivity contribution is 0.0611. The van der Waals surface area contributed by atoms with Gasteiger partial charge in [0.15, 0.2) is 0 Å². The Bertz CT molecular complexity index is 932. The Kier molecular flexibility index (Phi) is 5.67. The Morgan fingerprint density at radius 3 is 2.75 bits per heavy atom. The van der Waals surface area contributed by atoms with Crippen LogP contribution in [0.15, 0.2) is 48.9 Å². The van der Waals surface area contributed by atoms with Gasteiger partial charge in [0.2, 0.25) is 0 Å². The van der Waals surface area contributed by atoms with Gasteiger partial charge in [-0.2, -0.15) is 0 Å². The summed E-state index contributed by atoms with van der Waals surface area (Å²) < 4.78 is 1.90. The van der Waals surface area contributed by atoms with Crippen molar-refractivity contribution in [2.24, 2.45) is 0 Å². The summed E-state index contributed by atoms with van der Waals surface area (Å²) in [5, 5.41) is 9.18. The Balaban J connectivity index is 1.63. The number of rotatable bonds is 6. The monoisotopic (exact) mass is 378 g/mol. The van der Waals surface area contributed by atoms with E-state index in [1.165, 1.54) is 19.3 Å². The van der Waals surface area contributed by atoms with Gasteiger partial charge in [0.25, 0.3) is 5.91 Å². The summed E-state index contributed by atoms with van der Waals surface area (Å²) in [6.07, 6.45) is 9.16. The molecule has 0 aliphatic heterocycles. The maximum absolute atomic E-state index is 13.4. The van der Waals surface area contributed by atoms with Crippen LogP contribution in [0.4, 0.5) is 0 Å². The van der Waals surface area contributed by atoms with E-state index in [-0.39, 0.29) is 18.6 Å². The Morgan fingerprint density at radius 2 is 2.00 bits per heavy atom. The Morgan fingerprint density at radius 1 is 1.14 bits per heavy atom. The topological polar surface area (TPSA) is 71.2 Å². The zero-order valence-electron chi connectivity index (χ0n) is 16.0. The number of benzene rings is 1. The first-order valence-corrected chi connectivity index (χ1v) is 10.0. The second-order valence-electron chi connectivity index (χ2n) is 7.41. The van der Waals surface area contributed by atoms with Crippen LogP contribution in [0.2, 0.25) is 0 Å². The molecule has 2 heterocycles. The molecule has 1 amide bonds. The minimum Gasteiger partial charge on any atom is -0.395 e. The Hall–Kier alpha value is -2.73. The number of amides is 1. The molecule has 1 aliphatic rings. The van der Waals surface area contributed by atoms with E-state index in [0.717, 1.165) is 29.6 Å². The number of fused-ring (bicyclic) bond motifs is 1. The third kappa shape index (κ3) is 3.92. The molecule has 6 heteroatoms. The molecular formula is C22H26N4O2. The van der Waals surface area contributed by atoms with Crippen molar-refractivity contribution in [1.29, 1.82) is 0 Å². The number of aliphatic hydroxyl groups excluding tert-OH is 1. The summed E-state index contributed by atoms with van der Waals surface area (Å²) in [6, 6.07) is 11.7. The van der Waals surface area contributed by atoms with Crippen LogP contribution in [0.25, 0.3) is 11.0 Å². The quantitative estimate of drug-likeness (QED) is 0.714. The van der Waals surface area contributed by atoms with Crippen LogP contribution in [0.3, 0.4) is 0 Å². The van der Waals surface area contributed by atoms with Gasteiger partial charge in [-0.25, -0.2) is 4.98 Å². The highest BCUT2D eigenvalue weighted by Crippen LogP contribution is 2.26. The molecule has 1 fully saturated rings. The van der Waals surface area contributed by atoms with E-state index in [0.29, 0.717) is 18.7 Å². The average molecular weight is 378 g/mol. The Labute approximate surface area is 164 Å². The standard InChI is InChI=1S/C22H26N4O2/c27-13-12-25-16-24-20-14-17(9-10-21(20)25)22(28)26(19-7-2-1-3-8-19)15-18-6-4-5-11-23-18/h4-6,9-11,14,16,19,27H,1-3,7-8,12-13,15H2. The van der Waals surface area contributed by atoms with Crippen molar-refractivity contribution in [3.05, 3.63) is 60.2 Å². The van der Waals surface area contributed by atoms with Crippen molar-refractivity contribution in [2.45, 2.75) is 51.2 Å². The lowest BCUT2D eigenvalue weighted by Gasteiger charge is -2.34. The number of aliphatic hydroxyl groups is 1. The number of imidazole rings is 1. The smallest absolute Gasteiger partial charge is 0.254 e. The van der Waals surface area contributed by atoms with Crippen LogP contribution in [0.5, 0.6) is 0 Å². The highest BCUT2D eigenvalue weighted by Gasteiger charge is 2.27. The molecule has 6 nitrogen and oxygen atoms in total. The normalized spacial score (nSPS) is 15.0. The fourth-order valence-electron chi connectivity index (χ4n) is 4.07. The number of carbonyl (C=O) groups is 1. The second-order valence-corrected chi connectivity index (χ2v) is 7.41. The lowest BCUT2D eigenvalue weighted by Crippen LogP contribution is -2.41. The van der Waals surface area contributed by atoms with Gasteiger partial charge in [-0.1, -0.05) is 25.3 Å². The minimum absolute atomic E-state index is 0.0381. The first-order valence-electron chi connectivity index (χ1n) is 10.0. The molecule has 0 atom stereocenters. The van der Waals surface area contributed by atoms with Crippen molar-refractivity contribution < 1.29 is 9.90 Å². The molecule has 146 valence electrons. The van der Waals surface area contributed by atoms with Crippen molar-refractivity contribution in [2.75, 3.05) is 6.61 Å². The van der Waals surface area contributed by atoms with E-state index in [9.17, 15) is 9.90 Å². The average Bonchev–Trinajstić information content (AvgIpc) is 3.15. The van der Waals surface area contributed by atoms with Gasteiger partial charge >= 0.3 is 0 Å². The molecule has 3 aromatic rings. The van der Waals surface area contributed by atoms with Crippen LogP contribution < -0.4 is 0 Å². The first-order chi connectivity index (χ1) is 13.8. The number of pyridine rings is 1. The van der Waals surface area contributed by atoms with Crippen LogP contribution in [0.1, 0.15) is 48.2 Å². The number of hydrogen-bond acceptors (Lipinski definition) is 4. The first kappa shape index (κ1) is 18.6. The number of nitrogens with zero attached hydrogens (tertiary/aromatic N) is 4. The molecule has 1 saturated carbocycles. The summed E-state index contributed by atoms with van der Waals surface area (Å²) in [7, 11) is 0. The van der Waals surface area contributed by atoms with Gasteiger partial charge < -0.3 is 14.6 Å². The summed E-state index contributed by atoms with van der Waals surface area (Å²) in [5.74, 6) is 0.0381. The van der Waals surface area contributed by atoms with E-state index in [4.69, 9.17) is 0 Å². The number of carbonyl (C=O) groups excluding carboxylic acids is 1. The van der Waals surface area contributed by atoms with Crippen molar-refractivity contribution in [1.82, 2.24) is 19.4 Å². The zero-order valence-corrected chi connectivity index (χ0v) is 16.0. The van der Waals surface area contributed by atoms with E-state index < -0.39 is 0 Å². The molecule has 4 rings (SSSR count). The van der Waals surface area contributed by atoms with Crippen molar-refractivity contribution in [3.63, 3.8) is 0 Å². The molecule has 1 aliphatic carbocycles. The van der Waals surface area contributed by atoms with Crippen LogP contribution in [-0.4, -0.2) is 43.1 Å². The summed E-state index contributed by atoms with van der Waals surface area (Å²) in [5.41, 5.74) is 3.28. The molecule has 1 N–H and O–H groups in total. The largest absolute Gasteiger partial charge is 0.395 e. The van der Waals surface area contributed by atoms with Gasteiger partial charge in [0.1, 0.15) is 0 Å². The summed E-state index contributed by atoms with van der Waals surface area (Å²) in [4.78, 5) is 24.3. The second kappa shape index (κ2) is 8.52. The summed E-state index contributed by atoms with van der Waals surface area (Å²) >= 11 is 0. The number of aromatic nitrogens is 3. The molecule has 1 aromatic carbocycles. The lowest BCUT2D eigenvalue weighted by atomic mass is 9.93. The molecule has 28 heavy (non-hydrogen) atoms. The molecule has 0 saturated heterocycles. The fraction of sp³-hybridized carbons (Fsp3) is 0.409. The highest BCUT2D eigenvalue weighted by atomic mass is 16.3. The van der Waals surface area contributed by atoms with Crippen LogP contribution >= 0.6 is 0 Å². The molecule has 2 aromatic heterocycles. The van der Waals surface area contributed by atoms with Gasteiger partial charge in [0, 0.05) is 24.3 Å². The predicted molar refractivity (Wildman–Crippen MR) is 108 cm³/mol. The van der Waals surface area contributed by atoms with Gasteiger partial charge in [-0.15, -0.1) is 0 Å². The SMILES string of the molecule is O=C(c1ccc2c(c1)ncn2CCO)N(Cc1ccccn1)C1CCCCC1. The van der Waals surface area contributed by atoms with E-state index in [1.54, 1.807) is 12.5 Å². The van der Waals surface area contributed by atoms with Crippen LogP contribution in [0, 0.1) is 0 Å². The zero-order chi connectivity index (χ0) is 19.3. The van der Waals surface area contributed by atoms with Crippen molar-refractivity contribution in [3.8, 4) is 0 Å². The molecule has 0 radical (unpaired) electrons. The maximum Gasteiger partial charge on any atom is 0.254 e.